The zero-order valence-corrected chi connectivity index (χ0v) is 10.4. The Morgan fingerprint density at radius 3 is 2.40 bits per heavy atom. The molecule has 1 rings (SSSR count). The first-order valence-corrected chi connectivity index (χ1v) is 6.23. The zero-order valence-electron chi connectivity index (χ0n) is 10.4. The number of hydrogen-bond acceptors (Lipinski definition) is 2. The molecule has 1 aliphatic carbocycles. The third kappa shape index (κ3) is 3.94. The smallest absolute Gasteiger partial charge is 0.149 e. The maximum absolute atomic E-state index is 11.4. The van der Waals surface area contributed by atoms with Crippen LogP contribution in [0.25, 0.3) is 0 Å². The summed E-state index contributed by atoms with van der Waals surface area (Å²) in [5.74, 6) is 0.906. The van der Waals surface area contributed by atoms with Gasteiger partial charge in [0, 0.05) is 6.42 Å². The quantitative estimate of drug-likeness (QED) is 0.777. The van der Waals surface area contributed by atoms with Crippen molar-refractivity contribution in [2.24, 2.45) is 17.1 Å². The molecular formula is C13H25NO. The van der Waals surface area contributed by atoms with Crippen molar-refractivity contribution in [3.8, 4) is 0 Å². The molecule has 0 heterocycles. The van der Waals surface area contributed by atoms with Gasteiger partial charge in [0.25, 0.3) is 0 Å². The molecule has 0 radical (unpaired) electrons. The van der Waals surface area contributed by atoms with Crippen molar-refractivity contribution in [2.75, 3.05) is 0 Å². The second kappa shape index (κ2) is 5.11. The van der Waals surface area contributed by atoms with Crippen molar-refractivity contribution in [2.45, 2.75) is 65.3 Å². The standard InChI is InChI=1S/C13H25NO/c1-4-12(15)11(14)9-10-5-7-13(2,3)8-6-10/h10-11H,4-9,14H2,1-3H3. The molecule has 0 spiro atoms. The number of rotatable bonds is 4. The maximum Gasteiger partial charge on any atom is 0.149 e. The fourth-order valence-electron chi connectivity index (χ4n) is 2.45. The zero-order chi connectivity index (χ0) is 11.5. The Hall–Kier alpha value is -0.370. The molecule has 0 aromatic heterocycles. The molecule has 1 unspecified atom stereocenters. The Morgan fingerprint density at radius 2 is 1.93 bits per heavy atom. The molecule has 1 aliphatic rings. The van der Waals surface area contributed by atoms with E-state index in [9.17, 15) is 4.79 Å². The van der Waals surface area contributed by atoms with E-state index in [1.165, 1.54) is 25.7 Å². The molecule has 1 saturated carbocycles. The van der Waals surface area contributed by atoms with Gasteiger partial charge < -0.3 is 5.73 Å². The van der Waals surface area contributed by atoms with E-state index in [4.69, 9.17) is 5.73 Å². The summed E-state index contributed by atoms with van der Waals surface area (Å²) in [7, 11) is 0. The second-order valence-electron chi connectivity index (χ2n) is 5.77. The Bertz CT molecular complexity index is 213. The van der Waals surface area contributed by atoms with E-state index in [1.54, 1.807) is 0 Å². The van der Waals surface area contributed by atoms with E-state index < -0.39 is 0 Å². The molecule has 1 fully saturated rings. The second-order valence-corrected chi connectivity index (χ2v) is 5.77. The molecule has 0 bridgehead atoms. The van der Waals surface area contributed by atoms with E-state index in [-0.39, 0.29) is 11.8 Å². The number of nitrogens with two attached hydrogens (primary N) is 1. The highest BCUT2D eigenvalue weighted by molar-refractivity contribution is 5.83. The minimum absolute atomic E-state index is 0.207. The maximum atomic E-state index is 11.4. The fourth-order valence-corrected chi connectivity index (χ4v) is 2.45. The number of hydrogen-bond donors (Lipinski definition) is 1. The Kier molecular flexibility index (Phi) is 4.32. The molecule has 15 heavy (non-hydrogen) atoms. The molecule has 2 heteroatoms. The SMILES string of the molecule is CCC(=O)C(N)CC1CCC(C)(C)CC1. The molecule has 0 aromatic rings. The van der Waals surface area contributed by atoms with Gasteiger partial charge in [0.2, 0.25) is 0 Å². The van der Waals surface area contributed by atoms with E-state index in [1.807, 2.05) is 6.92 Å². The molecule has 2 N–H and O–H groups in total. The summed E-state index contributed by atoms with van der Waals surface area (Å²) in [6, 6.07) is -0.207. The van der Waals surface area contributed by atoms with Gasteiger partial charge in [-0.3, -0.25) is 4.79 Å². The van der Waals surface area contributed by atoms with Crippen molar-refractivity contribution in [3.05, 3.63) is 0 Å². The topological polar surface area (TPSA) is 43.1 Å². The normalized spacial score (nSPS) is 23.7. The molecule has 1 atom stereocenters. The van der Waals surface area contributed by atoms with Gasteiger partial charge in [-0.2, -0.15) is 0 Å². The minimum atomic E-state index is -0.207. The number of carbonyl (C=O) groups excluding carboxylic acids is 1. The summed E-state index contributed by atoms with van der Waals surface area (Å²) >= 11 is 0. The average Bonchev–Trinajstić information content (AvgIpc) is 2.20. The van der Waals surface area contributed by atoms with Crippen LogP contribution in [0, 0.1) is 11.3 Å². The summed E-state index contributed by atoms with van der Waals surface area (Å²) in [5.41, 5.74) is 6.39. The van der Waals surface area contributed by atoms with Gasteiger partial charge in [-0.05, 0) is 43.4 Å². The van der Waals surface area contributed by atoms with E-state index in [2.05, 4.69) is 13.8 Å². The first kappa shape index (κ1) is 12.7. The summed E-state index contributed by atoms with van der Waals surface area (Å²) in [6.07, 6.45) is 6.55. The van der Waals surface area contributed by atoms with Crippen LogP contribution in [-0.4, -0.2) is 11.8 Å². The van der Waals surface area contributed by atoms with Crippen LogP contribution in [0.15, 0.2) is 0 Å². The van der Waals surface area contributed by atoms with E-state index >= 15 is 0 Å². The van der Waals surface area contributed by atoms with Crippen LogP contribution in [0.2, 0.25) is 0 Å². The summed E-state index contributed by atoms with van der Waals surface area (Å²) in [4.78, 5) is 11.4. The summed E-state index contributed by atoms with van der Waals surface area (Å²) < 4.78 is 0. The lowest BCUT2D eigenvalue weighted by molar-refractivity contribution is -0.120. The van der Waals surface area contributed by atoms with Crippen molar-refractivity contribution in [1.29, 1.82) is 0 Å². The molecule has 0 amide bonds. The van der Waals surface area contributed by atoms with Crippen LogP contribution >= 0.6 is 0 Å². The molecule has 0 saturated heterocycles. The fraction of sp³-hybridized carbons (Fsp3) is 0.923. The Balaban J connectivity index is 2.32. The van der Waals surface area contributed by atoms with Gasteiger partial charge in [-0.1, -0.05) is 20.8 Å². The van der Waals surface area contributed by atoms with Crippen LogP contribution in [0.5, 0.6) is 0 Å². The highest BCUT2D eigenvalue weighted by atomic mass is 16.1. The minimum Gasteiger partial charge on any atom is -0.322 e. The van der Waals surface area contributed by atoms with Crippen molar-refractivity contribution < 1.29 is 4.79 Å². The highest BCUT2D eigenvalue weighted by Gasteiger charge is 2.28. The van der Waals surface area contributed by atoms with Crippen LogP contribution in [0.3, 0.4) is 0 Å². The van der Waals surface area contributed by atoms with E-state index in [0.29, 0.717) is 17.8 Å². The first-order chi connectivity index (χ1) is 6.94. The first-order valence-electron chi connectivity index (χ1n) is 6.23. The summed E-state index contributed by atoms with van der Waals surface area (Å²) in [6.45, 7) is 6.56. The number of Topliss-reactive ketones (excluding diaryl/α,β-unsaturated/α-hetero) is 1. The monoisotopic (exact) mass is 211 g/mol. The van der Waals surface area contributed by atoms with Crippen LogP contribution in [-0.2, 0) is 4.79 Å². The summed E-state index contributed by atoms with van der Waals surface area (Å²) in [5, 5.41) is 0. The number of ketones is 1. The predicted octanol–water partition coefficient (Wildman–Crippen LogP) is 2.90. The highest BCUT2D eigenvalue weighted by Crippen LogP contribution is 2.39. The van der Waals surface area contributed by atoms with Gasteiger partial charge in [-0.15, -0.1) is 0 Å². The van der Waals surface area contributed by atoms with Crippen LogP contribution in [0.1, 0.15) is 59.3 Å². The molecular weight excluding hydrogens is 186 g/mol. The van der Waals surface area contributed by atoms with E-state index in [0.717, 1.165) is 6.42 Å². The lowest BCUT2D eigenvalue weighted by Crippen LogP contribution is -2.34. The third-order valence-corrected chi connectivity index (χ3v) is 3.81. The van der Waals surface area contributed by atoms with Crippen LogP contribution < -0.4 is 5.73 Å². The third-order valence-electron chi connectivity index (χ3n) is 3.81. The predicted molar refractivity (Wildman–Crippen MR) is 63.6 cm³/mol. The molecule has 0 aromatic carbocycles. The van der Waals surface area contributed by atoms with Crippen molar-refractivity contribution in [3.63, 3.8) is 0 Å². The van der Waals surface area contributed by atoms with Crippen molar-refractivity contribution in [1.82, 2.24) is 0 Å². The molecule has 2 nitrogen and oxygen atoms in total. The van der Waals surface area contributed by atoms with Gasteiger partial charge in [0.15, 0.2) is 0 Å². The van der Waals surface area contributed by atoms with Crippen molar-refractivity contribution >= 4 is 5.78 Å². The van der Waals surface area contributed by atoms with Gasteiger partial charge >= 0.3 is 0 Å². The van der Waals surface area contributed by atoms with Gasteiger partial charge in [-0.25, -0.2) is 0 Å². The average molecular weight is 211 g/mol. The lowest BCUT2D eigenvalue weighted by atomic mass is 9.71. The lowest BCUT2D eigenvalue weighted by Gasteiger charge is -2.35. The van der Waals surface area contributed by atoms with Gasteiger partial charge in [0.1, 0.15) is 5.78 Å². The Labute approximate surface area is 93.6 Å². The number of carbonyl (C=O) groups is 1. The Morgan fingerprint density at radius 1 is 1.40 bits per heavy atom. The molecule has 0 aliphatic heterocycles. The largest absolute Gasteiger partial charge is 0.322 e. The van der Waals surface area contributed by atoms with Gasteiger partial charge in [0.05, 0.1) is 6.04 Å². The molecule has 88 valence electrons. The van der Waals surface area contributed by atoms with Crippen LogP contribution in [0.4, 0.5) is 0 Å².